The molecule has 0 aliphatic rings. The van der Waals surface area contributed by atoms with E-state index in [0.717, 1.165) is 13.0 Å². The number of nitrogens with one attached hydrogen (secondary N) is 1. The number of ether oxygens (including phenoxy) is 1. The minimum absolute atomic E-state index is 0.220. The summed E-state index contributed by atoms with van der Waals surface area (Å²) in [6.07, 6.45) is 1.09. The fourth-order valence-electron chi connectivity index (χ4n) is 1.51. The van der Waals surface area contributed by atoms with Crippen molar-refractivity contribution < 1.29 is 4.74 Å². The molecule has 1 unspecified atom stereocenters. The van der Waals surface area contributed by atoms with Crippen molar-refractivity contribution in [1.29, 1.82) is 0 Å². The molecular weight excluding hydrogens is 222 g/mol. The first kappa shape index (κ1) is 13.5. The van der Waals surface area contributed by atoms with Gasteiger partial charge in [-0.15, -0.1) is 11.6 Å². The molecule has 0 saturated carbocycles. The lowest BCUT2D eigenvalue weighted by molar-refractivity contribution is 0.172. The van der Waals surface area contributed by atoms with Gasteiger partial charge in [0.2, 0.25) is 0 Å². The van der Waals surface area contributed by atoms with Crippen LogP contribution in [-0.4, -0.2) is 25.6 Å². The van der Waals surface area contributed by atoms with Gasteiger partial charge in [-0.3, -0.25) is 0 Å². The van der Waals surface area contributed by atoms with E-state index in [-0.39, 0.29) is 6.04 Å². The predicted molar refractivity (Wildman–Crippen MR) is 69.0 cm³/mol. The van der Waals surface area contributed by atoms with E-state index in [9.17, 15) is 0 Å². The Kier molecular flexibility index (Phi) is 6.46. The Morgan fingerprint density at radius 3 is 2.38 bits per heavy atom. The molecule has 3 heteroatoms. The number of methoxy groups -OCH3 is 1. The van der Waals surface area contributed by atoms with Crippen LogP contribution in [0.3, 0.4) is 0 Å². The van der Waals surface area contributed by atoms with Gasteiger partial charge in [-0.25, -0.2) is 0 Å². The average molecular weight is 242 g/mol. The molecule has 0 amide bonds. The number of hydrogen-bond acceptors (Lipinski definition) is 2. The Morgan fingerprint density at radius 2 is 1.88 bits per heavy atom. The standard InChI is InChI=1S/C13H20ClNO/c1-3-11-4-6-12(7-5-11)9-15-13(8-14)10-16-2/h4-7,13,15H,3,8-10H2,1-2H3. The normalized spacial score (nSPS) is 12.7. The molecule has 1 aromatic rings. The number of benzene rings is 1. The molecule has 0 spiro atoms. The molecular formula is C13H20ClNO. The van der Waals surface area contributed by atoms with Crippen molar-refractivity contribution in [3.63, 3.8) is 0 Å². The van der Waals surface area contributed by atoms with Crippen LogP contribution in [-0.2, 0) is 17.7 Å². The molecule has 0 aliphatic heterocycles. The first-order valence-electron chi connectivity index (χ1n) is 5.66. The van der Waals surface area contributed by atoms with Gasteiger partial charge in [0.15, 0.2) is 0 Å². The largest absolute Gasteiger partial charge is 0.383 e. The monoisotopic (exact) mass is 241 g/mol. The van der Waals surface area contributed by atoms with Crippen LogP contribution in [0.25, 0.3) is 0 Å². The lowest BCUT2D eigenvalue weighted by Crippen LogP contribution is -2.34. The Labute approximate surface area is 103 Å². The fraction of sp³-hybridized carbons (Fsp3) is 0.538. The highest BCUT2D eigenvalue weighted by molar-refractivity contribution is 6.18. The predicted octanol–water partition coefficient (Wildman–Crippen LogP) is 2.59. The van der Waals surface area contributed by atoms with E-state index in [2.05, 4.69) is 36.5 Å². The third-order valence-corrected chi connectivity index (χ3v) is 2.95. The Balaban J connectivity index is 2.40. The Bertz CT molecular complexity index is 286. The van der Waals surface area contributed by atoms with Crippen molar-refractivity contribution >= 4 is 11.6 Å². The van der Waals surface area contributed by atoms with Gasteiger partial charge in [0, 0.05) is 25.6 Å². The van der Waals surface area contributed by atoms with E-state index < -0.39 is 0 Å². The average Bonchev–Trinajstić information content (AvgIpc) is 2.35. The summed E-state index contributed by atoms with van der Waals surface area (Å²) in [4.78, 5) is 0. The molecule has 0 radical (unpaired) electrons. The van der Waals surface area contributed by atoms with Gasteiger partial charge in [-0.05, 0) is 17.5 Å². The van der Waals surface area contributed by atoms with Crippen LogP contribution in [0.4, 0.5) is 0 Å². The Hall–Kier alpha value is -0.570. The van der Waals surface area contributed by atoms with Crippen molar-refractivity contribution in [2.45, 2.75) is 25.9 Å². The van der Waals surface area contributed by atoms with Crippen LogP contribution < -0.4 is 5.32 Å². The zero-order valence-corrected chi connectivity index (χ0v) is 10.8. The van der Waals surface area contributed by atoms with Crippen LogP contribution >= 0.6 is 11.6 Å². The highest BCUT2D eigenvalue weighted by atomic mass is 35.5. The molecule has 0 bridgehead atoms. The molecule has 16 heavy (non-hydrogen) atoms. The van der Waals surface area contributed by atoms with Gasteiger partial charge in [0.1, 0.15) is 0 Å². The van der Waals surface area contributed by atoms with E-state index in [1.807, 2.05) is 0 Å². The van der Waals surface area contributed by atoms with Crippen LogP contribution in [0.1, 0.15) is 18.1 Å². The third kappa shape index (κ3) is 4.52. The first-order chi connectivity index (χ1) is 7.80. The first-order valence-corrected chi connectivity index (χ1v) is 6.19. The lowest BCUT2D eigenvalue weighted by atomic mass is 10.1. The van der Waals surface area contributed by atoms with E-state index in [4.69, 9.17) is 16.3 Å². The van der Waals surface area contributed by atoms with E-state index in [1.165, 1.54) is 11.1 Å². The van der Waals surface area contributed by atoms with Gasteiger partial charge in [-0.2, -0.15) is 0 Å². The number of rotatable bonds is 7. The topological polar surface area (TPSA) is 21.3 Å². The molecule has 1 aromatic carbocycles. The maximum atomic E-state index is 5.82. The number of hydrogen-bond donors (Lipinski definition) is 1. The summed E-state index contributed by atoms with van der Waals surface area (Å²) in [6, 6.07) is 8.87. The van der Waals surface area contributed by atoms with E-state index in [1.54, 1.807) is 7.11 Å². The van der Waals surface area contributed by atoms with Crippen molar-refractivity contribution in [2.24, 2.45) is 0 Å². The summed E-state index contributed by atoms with van der Waals surface area (Å²) in [5, 5.41) is 3.37. The summed E-state index contributed by atoms with van der Waals surface area (Å²) in [7, 11) is 1.69. The zero-order chi connectivity index (χ0) is 11.8. The highest BCUT2D eigenvalue weighted by Gasteiger charge is 2.05. The molecule has 0 heterocycles. The third-order valence-electron chi connectivity index (χ3n) is 2.58. The van der Waals surface area contributed by atoms with Gasteiger partial charge < -0.3 is 10.1 Å². The maximum absolute atomic E-state index is 5.82. The summed E-state index contributed by atoms with van der Waals surface area (Å²) in [5.74, 6) is 0.570. The summed E-state index contributed by atoms with van der Waals surface area (Å²) >= 11 is 5.82. The van der Waals surface area contributed by atoms with Gasteiger partial charge in [0.05, 0.1) is 6.61 Å². The number of aryl methyl sites for hydroxylation is 1. The number of halogens is 1. The van der Waals surface area contributed by atoms with Crippen molar-refractivity contribution in [1.82, 2.24) is 5.32 Å². The van der Waals surface area contributed by atoms with Gasteiger partial charge in [0.25, 0.3) is 0 Å². The Morgan fingerprint density at radius 1 is 1.25 bits per heavy atom. The second-order valence-electron chi connectivity index (χ2n) is 3.86. The van der Waals surface area contributed by atoms with E-state index in [0.29, 0.717) is 12.5 Å². The van der Waals surface area contributed by atoms with Gasteiger partial charge >= 0.3 is 0 Å². The molecule has 0 fully saturated rings. The molecule has 0 saturated heterocycles. The van der Waals surface area contributed by atoms with Crippen molar-refractivity contribution in [3.05, 3.63) is 35.4 Å². The van der Waals surface area contributed by atoms with Crippen LogP contribution in [0.15, 0.2) is 24.3 Å². The quantitative estimate of drug-likeness (QED) is 0.741. The van der Waals surface area contributed by atoms with Crippen LogP contribution in [0.5, 0.6) is 0 Å². The van der Waals surface area contributed by atoms with Gasteiger partial charge in [-0.1, -0.05) is 31.2 Å². The second kappa shape index (κ2) is 7.66. The summed E-state index contributed by atoms with van der Waals surface area (Å²) in [6.45, 7) is 3.65. The molecule has 2 nitrogen and oxygen atoms in total. The van der Waals surface area contributed by atoms with E-state index >= 15 is 0 Å². The molecule has 1 atom stereocenters. The summed E-state index contributed by atoms with van der Waals surface area (Å²) in [5.41, 5.74) is 2.65. The molecule has 0 aliphatic carbocycles. The minimum Gasteiger partial charge on any atom is -0.383 e. The van der Waals surface area contributed by atoms with Crippen LogP contribution in [0.2, 0.25) is 0 Å². The zero-order valence-electron chi connectivity index (χ0n) is 10.0. The van der Waals surface area contributed by atoms with Crippen molar-refractivity contribution in [2.75, 3.05) is 19.6 Å². The highest BCUT2D eigenvalue weighted by Crippen LogP contribution is 2.05. The fourth-order valence-corrected chi connectivity index (χ4v) is 1.71. The summed E-state index contributed by atoms with van der Waals surface area (Å²) < 4.78 is 5.07. The SMILES string of the molecule is CCc1ccc(CNC(CCl)COC)cc1. The minimum atomic E-state index is 0.220. The maximum Gasteiger partial charge on any atom is 0.0627 e. The molecule has 90 valence electrons. The smallest absolute Gasteiger partial charge is 0.0627 e. The van der Waals surface area contributed by atoms with Crippen molar-refractivity contribution in [3.8, 4) is 0 Å². The molecule has 1 rings (SSSR count). The lowest BCUT2D eigenvalue weighted by Gasteiger charge is -2.14. The molecule has 0 aromatic heterocycles. The van der Waals surface area contributed by atoms with Crippen LogP contribution in [0, 0.1) is 0 Å². The second-order valence-corrected chi connectivity index (χ2v) is 4.17. The number of alkyl halides is 1. The molecule has 1 N–H and O–H groups in total.